The van der Waals surface area contributed by atoms with E-state index in [-0.39, 0.29) is 23.7 Å². The molecule has 0 saturated carbocycles. The van der Waals surface area contributed by atoms with Gasteiger partial charge in [0.2, 0.25) is 0 Å². The second kappa shape index (κ2) is 9.85. The number of halogens is 1. The smallest absolute Gasteiger partial charge is 0.254 e. The van der Waals surface area contributed by atoms with Crippen LogP contribution in [0.2, 0.25) is 0 Å². The van der Waals surface area contributed by atoms with Crippen LogP contribution < -0.4 is 10.1 Å². The fourth-order valence-electron chi connectivity index (χ4n) is 4.01. The van der Waals surface area contributed by atoms with E-state index in [1.165, 1.54) is 18.3 Å². The zero-order valence-electron chi connectivity index (χ0n) is 18.8. The first-order valence-corrected chi connectivity index (χ1v) is 11.1. The van der Waals surface area contributed by atoms with Gasteiger partial charge in [-0.1, -0.05) is 0 Å². The molecule has 1 aliphatic rings. The fourth-order valence-corrected chi connectivity index (χ4v) is 4.01. The van der Waals surface area contributed by atoms with E-state index in [9.17, 15) is 14.0 Å². The lowest BCUT2D eigenvalue weighted by atomic mass is 10.0. The van der Waals surface area contributed by atoms with Crippen LogP contribution in [0.3, 0.4) is 0 Å². The number of hydrogen-bond donors (Lipinski definition) is 1. The minimum Gasteiger partial charge on any atom is -0.494 e. The van der Waals surface area contributed by atoms with Crippen molar-refractivity contribution in [1.82, 2.24) is 20.0 Å². The first kappa shape index (κ1) is 22.5. The van der Waals surface area contributed by atoms with Crippen molar-refractivity contribution in [2.24, 2.45) is 0 Å². The second-order valence-corrected chi connectivity index (χ2v) is 8.03. The van der Waals surface area contributed by atoms with Crippen molar-refractivity contribution in [3.05, 3.63) is 77.4 Å². The number of nitrogens with zero attached hydrogens (tertiary/aromatic N) is 3. The van der Waals surface area contributed by atoms with E-state index in [1.807, 2.05) is 18.7 Å². The van der Waals surface area contributed by atoms with E-state index in [0.717, 1.165) is 5.75 Å². The molecule has 2 amide bonds. The van der Waals surface area contributed by atoms with Crippen molar-refractivity contribution in [2.45, 2.75) is 32.7 Å². The van der Waals surface area contributed by atoms with Gasteiger partial charge in [0.05, 0.1) is 29.7 Å². The van der Waals surface area contributed by atoms with Crippen LogP contribution >= 0.6 is 0 Å². The van der Waals surface area contributed by atoms with Crippen molar-refractivity contribution < 1.29 is 18.7 Å². The highest BCUT2D eigenvalue weighted by Crippen LogP contribution is 2.19. The molecule has 7 nitrogen and oxygen atoms in total. The van der Waals surface area contributed by atoms with E-state index in [0.29, 0.717) is 55.0 Å². The Hall–Kier alpha value is -3.68. The van der Waals surface area contributed by atoms with Crippen LogP contribution in [0.5, 0.6) is 5.75 Å². The second-order valence-electron chi connectivity index (χ2n) is 8.03. The molecule has 0 unspecified atom stereocenters. The number of carbonyl (C=O) groups excluding carboxylic acids is 2. The van der Waals surface area contributed by atoms with Gasteiger partial charge in [-0.25, -0.2) is 9.07 Å². The van der Waals surface area contributed by atoms with Crippen LogP contribution in [-0.4, -0.2) is 52.2 Å². The summed E-state index contributed by atoms with van der Waals surface area (Å²) in [7, 11) is 0. The highest BCUT2D eigenvalue weighted by Gasteiger charge is 2.26. The van der Waals surface area contributed by atoms with Crippen molar-refractivity contribution in [2.75, 3.05) is 19.7 Å². The molecule has 2 heterocycles. The van der Waals surface area contributed by atoms with Gasteiger partial charge < -0.3 is 15.0 Å². The Morgan fingerprint density at radius 2 is 1.76 bits per heavy atom. The lowest BCUT2D eigenvalue weighted by molar-refractivity contribution is 0.0698. The number of hydrogen-bond acceptors (Lipinski definition) is 4. The maximum absolute atomic E-state index is 13.2. The maximum atomic E-state index is 13.2. The average Bonchev–Trinajstić information content (AvgIpc) is 3.22. The van der Waals surface area contributed by atoms with Gasteiger partial charge in [0, 0.05) is 24.7 Å². The lowest BCUT2D eigenvalue weighted by Gasteiger charge is -2.32. The number of nitrogens with one attached hydrogen (secondary N) is 1. The van der Waals surface area contributed by atoms with Gasteiger partial charge in [0.1, 0.15) is 11.6 Å². The number of carbonyl (C=O) groups is 2. The summed E-state index contributed by atoms with van der Waals surface area (Å²) in [6.07, 6.45) is 2.89. The minimum absolute atomic E-state index is 0.0146. The van der Waals surface area contributed by atoms with Crippen LogP contribution in [0.1, 0.15) is 46.2 Å². The largest absolute Gasteiger partial charge is 0.494 e. The number of ether oxygens (including phenoxy) is 1. The molecule has 4 rings (SSSR count). The highest BCUT2D eigenvalue weighted by molar-refractivity contribution is 5.96. The van der Waals surface area contributed by atoms with E-state index >= 15 is 0 Å². The molecule has 0 aliphatic carbocycles. The Balaban J connectivity index is 1.33. The predicted octanol–water partition coefficient (Wildman–Crippen LogP) is 3.75. The van der Waals surface area contributed by atoms with Crippen molar-refractivity contribution in [3.8, 4) is 11.4 Å². The molecule has 8 heteroatoms. The standard InChI is InChI=1S/C25H27FN4O3/c1-3-33-22-10-4-18(5-11-22)25(32)29-14-12-20(13-15-29)28-24(31)23-16-27-30(17(23)2)21-8-6-19(26)7-9-21/h4-11,16,20H,3,12-15H2,1-2H3,(H,28,31). The minimum atomic E-state index is -0.325. The van der Waals surface area contributed by atoms with Crippen molar-refractivity contribution in [1.29, 1.82) is 0 Å². The number of rotatable bonds is 6. The normalized spacial score (nSPS) is 14.2. The molecule has 1 fully saturated rings. The summed E-state index contributed by atoms with van der Waals surface area (Å²) in [4.78, 5) is 27.4. The number of aromatic nitrogens is 2. The van der Waals surface area contributed by atoms with Crippen LogP contribution in [-0.2, 0) is 0 Å². The Kier molecular flexibility index (Phi) is 6.72. The number of piperidine rings is 1. The van der Waals surface area contributed by atoms with Gasteiger partial charge in [-0.05, 0) is 75.2 Å². The molecule has 0 radical (unpaired) electrons. The lowest BCUT2D eigenvalue weighted by Crippen LogP contribution is -2.46. The van der Waals surface area contributed by atoms with E-state index in [2.05, 4.69) is 10.4 Å². The third-order valence-electron chi connectivity index (χ3n) is 5.86. The van der Waals surface area contributed by atoms with Gasteiger partial charge in [-0.15, -0.1) is 0 Å². The summed E-state index contributed by atoms with van der Waals surface area (Å²) < 4.78 is 20.2. The summed E-state index contributed by atoms with van der Waals surface area (Å²) >= 11 is 0. The van der Waals surface area contributed by atoms with Crippen LogP contribution in [0.15, 0.2) is 54.7 Å². The molecule has 1 N–H and O–H groups in total. The Bertz CT molecular complexity index is 1120. The molecule has 33 heavy (non-hydrogen) atoms. The summed E-state index contributed by atoms with van der Waals surface area (Å²) in [5, 5.41) is 7.35. The zero-order chi connectivity index (χ0) is 23.4. The Morgan fingerprint density at radius 1 is 1.09 bits per heavy atom. The molecule has 0 spiro atoms. The monoisotopic (exact) mass is 450 g/mol. The van der Waals surface area contributed by atoms with Crippen molar-refractivity contribution in [3.63, 3.8) is 0 Å². The molecule has 172 valence electrons. The summed E-state index contributed by atoms with van der Waals surface area (Å²) in [6.45, 7) is 5.46. The molecule has 1 aliphatic heterocycles. The highest BCUT2D eigenvalue weighted by atomic mass is 19.1. The molecule has 0 atom stereocenters. The van der Waals surface area contributed by atoms with Crippen LogP contribution in [0.4, 0.5) is 4.39 Å². The number of amides is 2. The molecule has 3 aromatic rings. The van der Waals surface area contributed by atoms with Gasteiger partial charge >= 0.3 is 0 Å². The zero-order valence-corrected chi connectivity index (χ0v) is 18.8. The first-order chi connectivity index (χ1) is 16.0. The van der Waals surface area contributed by atoms with E-state index in [4.69, 9.17) is 4.74 Å². The van der Waals surface area contributed by atoms with Gasteiger partial charge in [0.25, 0.3) is 11.8 Å². The van der Waals surface area contributed by atoms with Crippen molar-refractivity contribution >= 4 is 11.8 Å². The third kappa shape index (κ3) is 5.05. The summed E-state index contributed by atoms with van der Waals surface area (Å²) in [5.74, 6) is 0.207. The Morgan fingerprint density at radius 3 is 2.39 bits per heavy atom. The third-order valence-corrected chi connectivity index (χ3v) is 5.86. The molecule has 0 bridgehead atoms. The van der Waals surface area contributed by atoms with Crippen LogP contribution in [0, 0.1) is 12.7 Å². The number of likely N-dealkylation sites (tertiary alicyclic amines) is 1. The van der Waals surface area contributed by atoms with E-state index < -0.39 is 0 Å². The average molecular weight is 451 g/mol. The molecule has 1 saturated heterocycles. The summed E-state index contributed by atoms with van der Waals surface area (Å²) in [5.41, 5.74) is 2.48. The maximum Gasteiger partial charge on any atom is 0.254 e. The molecular formula is C25H27FN4O3. The summed E-state index contributed by atoms with van der Waals surface area (Å²) in [6, 6.07) is 13.1. The van der Waals surface area contributed by atoms with E-state index in [1.54, 1.807) is 41.1 Å². The SMILES string of the molecule is CCOc1ccc(C(=O)N2CCC(NC(=O)c3cnn(-c4ccc(F)cc4)c3C)CC2)cc1. The number of benzene rings is 2. The molecular weight excluding hydrogens is 423 g/mol. The predicted molar refractivity (Wildman–Crippen MR) is 122 cm³/mol. The first-order valence-electron chi connectivity index (χ1n) is 11.1. The topological polar surface area (TPSA) is 76.5 Å². The molecule has 2 aromatic carbocycles. The van der Waals surface area contributed by atoms with Crippen LogP contribution in [0.25, 0.3) is 5.69 Å². The van der Waals surface area contributed by atoms with Gasteiger partial charge in [0.15, 0.2) is 0 Å². The molecule has 1 aromatic heterocycles. The quantitative estimate of drug-likeness (QED) is 0.621. The Labute approximate surface area is 192 Å². The fraction of sp³-hybridized carbons (Fsp3) is 0.320. The van der Waals surface area contributed by atoms with Gasteiger partial charge in [-0.2, -0.15) is 5.10 Å². The van der Waals surface area contributed by atoms with Gasteiger partial charge in [-0.3, -0.25) is 9.59 Å².